The first-order valence-electron chi connectivity index (χ1n) is 9.41. The van der Waals surface area contributed by atoms with E-state index < -0.39 is 0 Å². The molecule has 1 aliphatic rings. The number of hydrogen-bond donors (Lipinski definition) is 1. The van der Waals surface area contributed by atoms with Crippen LogP contribution in [0.5, 0.6) is 0 Å². The van der Waals surface area contributed by atoms with Gasteiger partial charge in [0.05, 0.1) is 22.5 Å². The number of amides is 1. The van der Waals surface area contributed by atoms with Crippen molar-refractivity contribution < 1.29 is 9.32 Å². The van der Waals surface area contributed by atoms with Crippen LogP contribution in [0.25, 0.3) is 11.3 Å². The van der Waals surface area contributed by atoms with Crippen LogP contribution in [-0.4, -0.2) is 39.0 Å². The van der Waals surface area contributed by atoms with Gasteiger partial charge in [0.2, 0.25) is 5.56 Å². The molecule has 1 fully saturated rings. The summed E-state index contributed by atoms with van der Waals surface area (Å²) in [5, 5.41) is 4.02. The molecule has 28 heavy (non-hydrogen) atoms. The van der Waals surface area contributed by atoms with E-state index in [0.29, 0.717) is 24.6 Å². The van der Waals surface area contributed by atoms with Gasteiger partial charge in [-0.05, 0) is 44.9 Å². The molecule has 0 atom stereocenters. The summed E-state index contributed by atoms with van der Waals surface area (Å²) in [6, 6.07) is 8.99. The van der Waals surface area contributed by atoms with E-state index in [1.54, 1.807) is 6.07 Å². The van der Waals surface area contributed by atoms with Crippen molar-refractivity contribution in [3.05, 3.63) is 69.6 Å². The Bertz CT molecular complexity index is 1020. The zero-order valence-corrected chi connectivity index (χ0v) is 15.9. The van der Waals surface area contributed by atoms with Crippen LogP contribution >= 0.6 is 0 Å². The highest BCUT2D eigenvalue weighted by Crippen LogP contribution is 2.31. The van der Waals surface area contributed by atoms with Gasteiger partial charge < -0.3 is 14.4 Å². The number of aryl methyl sites for hydroxylation is 2. The van der Waals surface area contributed by atoms with E-state index in [-0.39, 0.29) is 11.5 Å². The van der Waals surface area contributed by atoms with Gasteiger partial charge in [0, 0.05) is 37.0 Å². The molecule has 0 spiro atoms. The maximum Gasteiger partial charge on any atom is 0.255 e. The lowest BCUT2D eigenvalue weighted by atomic mass is 9.92. The lowest BCUT2D eigenvalue weighted by Gasteiger charge is -2.32. The summed E-state index contributed by atoms with van der Waals surface area (Å²) in [5.74, 6) is 1.02. The molecular weight excluding hydrogens is 356 g/mol. The van der Waals surface area contributed by atoms with Gasteiger partial charge in [-0.2, -0.15) is 0 Å². The van der Waals surface area contributed by atoms with Crippen molar-refractivity contribution in [3.63, 3.8) is 0 Å². The molecule has 3 aromatic heterocycles. The van der Waals surface area contributed by atoms with E-state index in [0.717, 1.165) is 41.2 Å². The number of nitrogens with zero attached hydrogens (tertiary/aromatic N) is 3. The Kier molecular flexibility index (Phi) is 4.81. The van der Waals surface area contributed by atoms with Crippen molar-refractivity contribution in [2.24, 2.45) is 0 Å². The van der Waals surface area contributed by atoms with Gasteiger partial charge >= 0.3 is 0 Å². The maximum atomic E-state index is 12.6. The Morgan fingerprint density at radius 1 is 1.18 bits per heavy atom. The van der Waals surface area contributed by atoms with E-state index in [4.69, 9.17) is 9.51 Å². The summed E-state index contributed by atoms with van der Waals surface area (Å²) in [6.45, 7) is 5.14. The van der Waals surface area contributed by atoms with Gasteiger partial charge in [0.15, 0.2) is 0 Å². The third-order valence-electron chi connectivity index (χ3n) is 5.29. The number of aromatic nitrogens is 3. The van der Waals surface area contributed by atoms with Gasteiger partial charge in [-0.1, -0.05) is 11.2 Å². The number of likely N-dealkylation sites (tertiary alicyclic amines) is 1. The Morgan fingerprint density at radius 3 is 2.61 bits per heavy atom. The van der Waals surface area contributed by atoms with Gasteiger partial charge in [0.1, 0.15) is 5.76 Å². The van der Waals surface area contributed by atoms with E-state index >= 15 is 0 Å². The zero-order valence-electron chi connectivity index (χ0n) is 15.9. The zero-order chi connectivity index (χ0) is 19.7. The second-order valence-electron chi connectivity index (χ2n) is 7.15. The minimum absolute atomic E-state index is 0.0490. The van der Waals surface area contributed by atoms with Crippen LogP contribution in [0.15, 0.2) is 45.8 Å². The molecule has 0 aromatic carbocycles. The highest BCUT2D eigenvalue weighted by atomic mass is 16.5. The second kappa shape index (κ2) is 7.42. The first-order valence-corrected chi connectivity index (χ1v) is 9.41. The minimum atomic E-state index is -0.209. The van der Waals surface area contributed by atoms with E-state index in [2.05, 4.69) is 10.1 Å². The maximum absolute atomic E-state index is 12.6. The molecule has 1 saturated heterocycles. The highest BCUT2D eigenvalue weighted by Gasteiger charge is 2.26. The number of piperidine rings is 1. The van der Waals surface area contributed by atoms with E-state index in [1.165, 1.54) is 12.3 Å². The molecule has 1 amide bonds. The average molecular weight is 378 g/mol. The number of rotatable bonds is 3. The monoisotopic (exact) mass is 378 g/mol. The van der Waals surface area contributed by atoms with Crippen molar-refractivity contribution >= 4 is 5.91 Å². The highest BCUT2D eigenvalue weighted by molar-refractivity contribution is 5.93. The molecule has 0 aliphatic carbocycles. The van der Waals surface area contributed by atoms with Crippen molar-refractivity contribution in [3.8, 4) is 11.3 Å². The summed E-state index contributed by atoms with van der Waals surface area (Å²) < 4.78 is 5.27. The van der Waals surface area contributed by atoms with Gasteiger partial charge in [-0.3, -0.25) is 14.6 Å². The van der Waals surface area contributed by atoms with Crippen molar-refractivity contribution in [2.75, 3.05) is 13.1 Å². The average Bonchev–Trinajstić information content (AvgIpc) is 3.06. The summed E-state index contributed by atoms with van der Waals surface area (Å²) in [5.41, 5.74) is 4.00. The topological polar surface area (TPSA) is 92.1 Å². The van der Waals surface area contributed by atoms with Crippen LogP contribution in [0.4, 0.5) is 0 Å². The third-order valence-corrected chi connectivity index (χ3v) is 5.29. The standard InChI is InChI=1S/C21H22N4O3/c1-13-20(14(2)28-24-13)18-5-3-4-17(23-18)15-8-10-25(11-9-15)21(27)16-6-7-19(26)22-12-16/h3-7,12,15H,8-11H2,1-2H3,(H,22,26). The summed E-state index contributed by atoms with van der Waals surface area (Å²) >= 11 is 0. The third kappa shape index (κ3) is 3.47. The molecule has 7 nitrogen and oxygen atoms in total. The molecule has 3 aromatic rings. The summed E-state index contributed by atoms with van der Waals surface area (Å²) in [4.78, 5) is 33.0. The van der Waals surface area contributed by atoms with Crippen LogP contribution in [0.2, 0.25) is 0 Å². The van der Waals surface area contributed by atoms with Gasteiger partial charge in [-0.15, -0.1) is 0 Å². The molecule has 0 unspecified atom stereocenters. The Labute approximate surface area is 162 Å². The fraction of sp³-hybridized carbons (Fsp3) is 0.333. The lowest BCUT2D eigenvalue weighted by Crippen LogP contribution is -2.38. The minimum Gasteiger partial charge on any atom is -0.361 e. The van der Waals surface area contributed by atoms with Gasteiger partial charge in [-0.25, -0.2) is 0 Å². The van der Waals surface area contributed by atoms with Crippen molar-refractivity contribution in [1.29, 1.82) is 0 Å². The largest absolute Gasteiger partial charge is 0.361 e. The molecular formula is C21H22N4O3. The normalized spacial score (nSPS) is 15.0. The molecule has 1 N–H and O–H groups in total. The number of nitrogens with one attached hydrogen (secondary N) is 1. The predicted molar refractivity (Wildman–Crippen MR) is 104 cm³/mol. The number of aromatic amines is 1. The number of carbonyl (C=O) groups excluding carboxylic acids is 1. The van der Waals surface area contributed by atoms with Crippen LogP contribution in [-0.2, 0) is 0 Å². The second-order valence-corrected chi connectivity index (χ2v) is 7.15. The molecule has 4 rings (SSSR count). The van der Waals surface area contributed by atoms with E-state index in [9.17, 15) is 9.59 Å². The van der Waals surface area contributed by atoms with Gasteiger partial charge in [0.25, 0.3) is 5.91 Å². The fourth-order valence-electron chi connectivity index (χ4n) is 3.77. The smallest absolute Gasteiger partial charge is 0.255 e. The quantitative estimate of drug-likeness (QED) is 0.756. The Balaban J connectivity index is 1.47. The van der Waals surface area contributed by atoms with Crippen molar-refractivity contribution in [1.82, 2.24) is 20.0 Å². The van der Waals surface area contributed by atoms with Crippen LogP contribution in [0.1, 0.15) is 46.3 Å². The first kappa shape index (κ1) is 18.2. The SMILES string of the molecule is Cc1noc(C)c1-c1cccc(C2CCN(C(=O)c3ccc(=O)[nH]c3)CC2)n1. The molecule has 7 heteroatoms. The summed E-state index contributed by atoms with van der Waals surface area (Å²) in [7, 11) is 0. The predicted octanol–water partition coefficient (Wildman–Crippen LogP) is 3.06. The van der Waals surface area contributed by atoms with Crippen LogP contribution < -0.4 is 5.56 Å². The molecule has 1 aliphatic heterocycles. The van der Waals surface area contributed by atoms with Crippen molar-refractivity contribution in [2.45, 2.75) is 32.6 Å². The first-order chi connectivity index (χ1) is 13.5. The van der Waals surface area contributed by atoms with Crippen LogP contribution in [0, 0.1) is 13.8 Å². The molecule has 0 saturated carbocycles. The number of hydrogen-bond acceptors (Lipinski definition) is 5. The Morgan fingerprint density at radius 2 is 1.96 bits per heavy atom. The van der Waals surface area contributed by atoms with E-state index in [1.807, 2.05) is 36.9 Å². The Hall–Kier alpha value is -3.22. The molecule has 144 valence electrons. The fourth-order valence-corrected chi connectivity index (χ4v) is 3.77. The molecule has 0 radical (unpaired) electrons. The summed E-state index contributed by atoms with van der Waals surface area (Å²) in [6.07, 6.45) is 3.19. The number of carbonyl (C=O) groups is 1. The number of H-pyrrole nitrogens is 1. The number of pyridine rings is 2. The van der Waals surface area contributed by atoms with Crippen LogP contribution in [0.3, 0.4) is 0 Å². The molecule has 4 heterocycles. The molecule has 0 bridgehead atoms. The lowest BCUT2D eigenvalue weighted by molar-refractivity contribution is 0.0711.